The number of hydrogen-bond donors (Lipinski definition) is 0. The summed E-state index contributed by atoms with van der Waals surface area (Å²) < 4.78 is 5.63. The molecule has 1 aliphatic heterocycles. The third-order valence-corrected chi connectivity index (χ3v) is 3.34. The van der Waals surface area contributed by atoms with E-state index in [9.17, 15) is 4.79 Å². The summed E-state index contributed by atoms with van der Waals surface area (Å²) in [5.41, 5.74) is 1.67. The Hall–Kier alpha value is -1.06. The molecule has 1 aliphatic rings. The van der Waals surface area contributed by atoms with E-state index >= 15 is 0 Å². The van der Waals surface area contributed by atoms with E-state index < -0.39 is 0 Å². The number of benzene rings is 1. The molecule has 1 aromatic rings. The first-order valence-corrected chi connectivity index (χ1v) is 6.73. The van der Waals surface area contributed by atoms with Crippen LogP contribution in [0.4, 0.5) is 0 Å². The maximum Gasteiger partial charge on any atom is 0.254 e. The number of alkyl halides is 1. The highest BCUT2D eigenvalue weighted by Crippen LogP contribution is 2.15. The molecule has 1 heterocycles. The molecule has 0 aliphatic carbocycles. The van der Waals surface area contributed by atoms with E-state index in [1.54, 1.807) is 0 Å². The third kappa shape index (κ3) is 3.03. The van der Waals surface area contributed by atoms with E-state index in [1.165, 1.54) is 0 Å². The Bertz CT molecular complexity index is 426. The molecule has 0 spiro atoms. The van der Waals surface area contributed by atoms with E-state index in [4.69, 9.17) is 16.3 Å². The molecule has 0 unspecified atom stereocenters. The summed E-state index contributed by atoms with van der Waals surface area (Å²) in [6, 6.07) is 7.50. The highest BCUT2D eigenvalue weighted by atomic mass is 35.5. The Morgan fingerprint density at radius 2 is 2.06 bits per heavy atom. The summed E-state index contributed by atoms with van der Waals surface area (Å²) in [6.07, 6.45) is 0.183. The minimum Gasteiger partial charge on any atom is -0.372 e. The summed E-state index contributed by atoms with van der Waals surface area (Å²) in [7, 11) is 0. The zero-order valence-corrected chi connectivity index (χ0v) is 11.5. The maximum atomic E-state index is 12.4. The van der Waals surface area contributed by atoms with E-state index in [0.717, 1.165) is 5.56 Å². The van der Waals surface area contributed by atoms with Crippen LogP contribution in [-0.2, 0) is 10.6 Å². The van der Waals surface area contributed by atoms with Crippen molar-refractivity contribution in [2.45, 2.75) is 31.9 Å². The molecule has 98 valence electrons. The smallest absolute Gasteiger partial charge is 0.254 e. The molecule has 18 heavy (non-hydrogen) atoms. The number of morpholine rings is 1. The molecule has 0 radical (unpaired) electrons. The van der Waals surface area contributed by atoms with Crippen LogP contribution in [0, 0.1) is 0 Å². The average Bonchev–Trinajstić information content (AvgIpc) is 2.37. The van der Waals surface area contributed by atoms with Crippen molar-refractivity contribution in [3.8, 4) is 0 Å². The van der Waals surface area contributed by atoms with Crippen molar-refractivity contribution in [2.24, 2.45) is 0 Å². The lowest BCUT2D eigenvalue weighted by Gasteiger charge is -2.35. The van der Waals surface area contributed by atoms with Crippen LogP contribution in [0.15, 0.2) is 24.3 Å². The van der Waals surface area contributed by atoms with Crippen molar-refractivity contribution in [3.05, 3.63) is 35.4 Å². The minimum absolute atomic E-state index is 0.0592. The van der Waals surface area contributed by atoms with Gasteiger partial charge in [-0.2, -0.15) is 0 Å². The van der Waals surface area contributed by atoms with Gasteiger partial charge in [0.1, 0.15) is 0 Å². The third-order valence-electron chi connectivity index (χ3n) is 3.04. The van der Waals surface area contributed by atoms with Crippen molar-refractivity contribution < 1.29 is 9.53 Å². The molecular weight excluding hydrogens is 250 g/mol. The number of amides is 1. The second kappa shape index (κ2) is 5.72. The molecule has 0 bridgehead atoms. The molecule has 1 fully saturated rings. The monoisotopic (exact) mass is 267 g/mol. The van der Waals surface area contributed by atoms with Gasteiger partial charge in [0, 0.05) is 24.5 Å². The number of halogens is 1. The first kappa shape index (κ1) is 13.4. The van der Waals surface area contributed by atoms with Crippen LogP contribution in [0.2, 0.25) is 0 Å². The highest BCUT2D eigenvalue weighted by molar-refractivity contribution is 6.17. The predicted octanol–water partition coefficient (Wildman–Crippen LogP) is 2.67. The van der Waals surface area contributed by atoms with Gasteiger partial charge >= 0.3 is 0 Å². The zero-order chi connectivity index (χ0) is 13.1. The second-order valence-corrected chi connectivity index (χ2v) is 5.07. The molecular formula is C14H18ClNO2. The number of hydrogen-bond acceptors (Lipinski definition) is 2. The summed E-state index contributed by atoms with van der Waals surface area (Å²) in [5, 5.41) is 0. The minimum atomic E-state index is 0.0592. The Morgan fingerprint density at radius 1 is 1.39 bits per heavy atom. The number of rotatable bonds is 2. The van der Waals surface area contributed by atoms with Crippen LogP contribution in [0.3, 0.4) is 0 Å². The van der Waals surface area contributed by atoms with Gasteiger partial charge in [-0.25, -0.2) is 0 Å². The van der Waals surface area contributed by atoms with Gasteiger partial charge in [-0.15, -0.1) is 11.6 Å². The fourth-order valence-corrected chi connectivity index (χ4v) is 2.48. The van der Waals surface area contributed by atoms with Gasteiger partial charge < -0.3 is 9.64 Å². The SMILES string of the molecule is C[C@@H]1CN(C(=O)c2cccc(CCl)c2)C[C@H](C)O1. The topological polar surface area (TPSA) is 29.5 Å². The number of carbonyl (C=O) groups excluding carboxylic acids is 1. The van der Waals surface area contributed by atoms with Crippen LogP contribution in [0.1, 0.15) is 29.8 Å². The molecule has 2 rings (SSSR count). The van der Waals surface area contributed by atoms with Gasteiger partial charge in [0.2, 0.25) is 0 Å². The quantitative estimate of drug-likeness (QED) is 0.771. The van der Waals surface area contributed by atoms with Gasteiger partial charge in [-0.1, -0.05) is 12.1 Å². The van der Waals surface area contributed by atoms with Gasteiger partial charge in [-0.3, -0.25) is 4.79 Å². The van der Waals surface area contributed by atoms with Crippen LogP contribution >= 0.6 is 11.6 Å². The molecule has 2 atom stereocenters. The first-order valence-electron chi connectivity index (χ1n) is 6.19. The van der Waals surface area contributed by atoms with Crippen LogP contribution in [0.25, 0.3) is 0 Å². The van der Waals surface area contributed by atoms with Crippen molar-refractivity contribution >= 4 is 17.5 Å². The van der Waals surface area contributed by atoms with Crippen molar-refractivity contribution in [1.82, 2.24) is 4.90 Å². The van der Waals surface area contributed by atoms with Gasteiger partial charge in [-0.05, 0) is 31.5 Å². The molecule has 4 heteroatoms. The van der Waals surface area contributed by atoms with Crippen molar-refractivity contribution in [1.29, 1.82) is 0 Å². The molecule has 1 saturated heterocycles. The van der Waals surface area contributed by atoms with Gasteiger partial charge in [0.15, 0.2) is 0 Å². The van der Waals surface area contributed by atoms with Gasteiger partial charge in [0.05, 0.1) is 12.2 Å². The van der Waals surface area contributed by atoms with E-state index in [0.29, 0.717) is 24.5 Å². The van der Waals surface area contributed by atoms with E-state index in [2.05, 4.69) is 0 Å². The molecule has 0 saturated carbocycles. The molecule has 1 amide bonds. The first-order chi connectivity index (χ1) is 8.60. The van der Waals surface area contributed by atoms with Crippen LogP contribution in [0.5, 0.6) is 0 Å². The fraction of sp³-hybridized carbons (Fsp3) is 0.500. The number of carbonyl (C=O) groups is 1. The molecule has 1 aromatic carbocycles. The largest absolute Gasteiger partial charge is 0.372 e. The van der Waals surface area contributed by atoms with E-state index in [-0.39, 0.29) is 18.1 Å². The number of nitrogens with zero attached hydrogens (tertiary/aromatic N) is 1. The summed E-state index contributed by atoms with van der Waals surface area (Å²) in [4.78, 5) is 14.2. The van der Waals surface area contributed by atoms with Crippen LogP contribution in [-0.4, -0.2) is 36.1 Å². The summed E-state index contributed by atoms with van der Waals surface area (Å²) in [6.45, 7) is 5.28. The molecule has 0 N–H and O–H groups in total. The number of ether oxygens (including phenoxy) is 1. The van der Waals surface area contributed by atoms with Crippen LogP contribution < -0.4 is 0 Å². The maximum absolute atomic E-state index is 12.4. The Labute approximate surface area is 113 Å². The lowest BCUT2D eigenvalue weighted by atomic mass is 10.1. The lowest BCUT2D eigenvalue weighted by Crippen LogP contribution is -2.48. The standard InChI is InChI=1S/C14H18ClNO2/c1-10-8-16(9-11(2)18-10)14(17)13-5-3-4-12(6-13)7-15/h3-6,10-11H,7-9H2,1-2H3/t10-,11+. The normalized spacial score (nSPS) is 24.1. The molecule has 3 nitrogen and oxygen atoms in total. The second-order valence-electron chi connectivity index (χ2n) is 4.80. The van der Waals surface area contributed by atoms with Crippen molar-refractivity contribution in [3.63, 3.8) is 0 Å². The lowest BCUT2D eigenvalue weighted by molar-refractivity contribution is -0.0586. The Kier molecular flexibility index (Phi) is 4.25. The summed E-state index contributed by atoms with van der Waals surface area (Å²) in [5.74, 6) is 0.487. The Balaban J connectivity index is 2.14. The van der Waals surface area contributed by atoms with Crippen molar-refractivity contribution in [2.75, 3.05) is 13.1 Å². The summed E-state index contributed by atoms with van der Waals surface area (Å²) >= 11 is 5.79. The zero-order valence-electron chi connectivity index (χ0n) is 10.7. The fourth-order valence-electron chi connectivity index (χ4n) is 2.31. The molecule has 0 aromatic heterocycles. The highest BCUT2D eigenvalue weighted by Gasteiger charge is 2.26. The average molecular weight is 268 g/mol. The van der Waals surface area contributed by atoms with E-state index in [1.807, 2.05) is 43.0 Å². The predicted molar refractivity (Wildman–Crippen MR) is 71.9 cm³/mol. The van der Waals surface area contributed by atoms with Gasteiger partial charge in [0.25, 0.3) is 5.91 Å². The Morgan fingerprint density at radius 3 is 2.67 bits per heavy atom.